The van der Waals surface area contributed by atoms with Crippen LogP contribution in [0.3, 0.4) is 0 Å². The number of ether oxygens (including phenoxy) is 2. The molecule has 6 nitrogen and oxygen atoms in total. The summed E-state index contributed by atoms with van der Waals surface area (Å²) in [5.74, 6) is -4.55. The minimum atomic E-state index is -2.78. The van der Waals surface area contributed by atoms with E-state index in [4.69, 9.17) is 4.74 Å². The molecule has 0 aliphatic carbocycles. The number of carbonyl (C=O) groups is 2. The molecule has 1 aliphatic heterocycles. The van der Waals surface area contributed by atoms with E-state index in [1.807, 2.05) is 0 Å². The van der Waals surface area contributed by atoms with E-state index in [0.717, 1.165) is 37.8 Å². The van der Waals surface area contributed by atoms with Crippen molar-refractivity contribution in [2.75, 3.05) is 0 Å². The van der Waals surface area contributed by atoms with Gasteiger partial charge in [0.25, 0.3) is 0 Å². The Labute approximate surface area is 118 Å². The molecule has 114 valence electrons. The molecule has 1 aliphatic rings. The van der Waals surface area contributed by atoms with Crippen molar-refractivity contribution >= 4 is 11.9 Å². The van der Waals surface area contributed by atoms with Crippen molar-refractivity contribution < 1.29 is 29.3 Å². The number of unbranched alkanes of at least 4 members (excludes halogenated alkanes) is 5. The van der Waals surface area contributed by atoms with Crippen molar-refractivity contribution in [3.05, 3.63) is 12.2 Å². The van der Waals surface area contributed by atoms with Crippen LogP contribution >= 0.6 is 0 Å². The van der Waals surface area contributed by atoms with Crippen LogP contribution in [-0.4, -0.2) is 34.2 Å². The van der Waals surface area contributed by atoms with Crippen LogP contribution in [0.2, 0.25) is 0 Å². The summed E-state index contributed by atoms with van der Waals surface area (Å²) in [6.45, 7) is 2.13. The maximum atomic E-state index is 11.3. The predicted octanol–water partition coefficient (Wildman–Crippen LogP) is 1.40. The van der Waals surface area contributed by atoms with Gasteiger partial charge in [0, 0.05) is 12.2 Å². The van der Waals surface area contributed by atoms with Gasteiger partial charge in [0.2, 0.25) is 0 Å². The molecule has 1 atom stereocenters. The summed E-state index contributed by atoms with van der Waals surface area (Å²) in [5.41, 5.74) is 0. The molecule has 1 unspecified atom stereocenters. The highest BCUT2D eigenvalue weighted by Crippen LogP contribution is 2.21. The fraction of sp³-hybridized carbons (Fsp3) is 0.714. The Hall–Kier alpha value is -1.40. The van der Waals surface area contributed by atoms with E-state index in [9.17, 15) is 19.8 Å². The summed E-state index contributed by atoms with van der Waals surface area (Å²) in [6.07, 6.45) is 6.71. The lowest BCUT2D eigenvalue weighted by Crippen LogP contribution is -2.49. The van der Waals surface area contributed by atoms with Crippen LogP contribution in [-0.2, 0) is 19.1 Å². The molecule has 1 rings (SSSR count). The predicted molar refractivity (Wildman–Crippen MR) is 70.3 cm³/mol. The van der Waals surface area contributed by atoms with Gasteiger partial charge < -0.3 is 19.7 Å². The first-order valence-corrected chi connectivity index (χ1v) is 7.02. The van der Waals surface area contributed by atoms with E-state index in [2.05, 4.69) is 11.7 Å². The van der Waals surface area contributed by atoms with E-state index in [1.54, 1.807) is 0 Å². The number of esters is 2. The minimum absolute atomic E-state index is 0.228. The van der Waals surface area contributed by atoms with Crippen molar-refractivity contribution in [3.63, 3.8) is 0 Å². The topological polar surface area (TPSA) is 93.1 Å². The Bertz CT molecular complexity index is 361. The molecule has 2 N–H and O–H groups in total. The van der Waals surface area contributed by atoms with Crippen LogP contribution < -0.4 is 0 Å². The van der Waals surface area contributed by atoms with E-state index < -0.39 is 24.0 Å². The number of aliphatic hydroxyl groups is 2. The maximum Gasteiger partial charge on any atom is 0.363 e. The fourth-order valence-corrected chi connectivity index (χ4v) is 2.00. The summed E-state index contributed by atoms with van der Waals surface area (Å²) < 4.78 is 9.32. The number of hydrogen-bond acceptors (Lipinski definition) is 6. The van der Waals surface area contributed by atoms with E-state index in [-0.39, 0.29) is 6.42 Å². The van der Waals surface area contributed by atoms with Gasteiger partial charge >= 0.3 is 17.9 Å². The summed E-state index contributed by atoms with van der Waals surface area (Å²) in [5, 5.41) is 19.3. The summed E-state index contributed by atoms with van der Waals surface area (Å²) >= 11 is 0. The van der Waals surface area contributed by atoms with Gasteiger partial charge in [-0.15, -0.1) is 0 Å². The normalized spacial score (nSPS) is 23.4. The zero-order chi connectivity index (χ0) is 15.0. The maximum absolute atomic E-state index is 11.3. The monoisotopic (exact) mass is 286 g/mol. The first kappa shape index (κ1) is 16.7. The zero-order valence-electron chi connectivity index (χ0n) is 11.7. The van der Waals surface area contributed by atoms with Crippen molar-refractivity contribution in [1.29, 1.82) is 0 Å². The van der Waals surface area contributed by atoms with Crippen LogP contribution in [0.25, 0.3) is 0 Å². The lowest BCUT2D eigenvalue weighted by Gasteiger charge is -2.30. The Morgan fingerprint density at radius 3 is 2.35 bits per heavy atom. The Morgan fingerprint density at radius 1 is 1.05 bits per heavy atom. The highest BCUT2D eigenvalue weighted by molar-refractivity contribution is 5.92. The van der Waals surface area contributed by atoms with Gasteiger partial charge in [0.1, 0.15) is 0 Å². The largest absolute Gasteiger partial charge is 0.449 e. The summed E-state index contributed by atoms with van der Waals surface area (Å²) in [6, 6.07) is 0. The molecule has 0 aromatic heterocycles. The summed E-state index contributed by atoms with van der Waals surface area (Å²) in [7, 11) is 0. The molecule has 6 heteroatoms. The molecule has 0 aromatic rings. The summed E-state index contributed by atoms with van der Waals surface area (Å²) in [4.78, 5) is 22.5. The Kier molecular flexibility index (Phi) is 6.67. The van der Waals surface area contributed by atoms with E-state index >= 15 is 0 Å². The van der Waals surface area contributed by atoms with Crippen LogP contribution in [0.5, 0.6) is 0 Å². The Morgan fingerprint density at radius 2 is 1.65 bits per heavy atom. The van der Waals surface area contributed by atoms with Crippen LogP contribution in [0.4, 0.5) is 0 Å². The molecule has 0 saturated heterocycles. The number of rotatable bonds is 7. The van der Waals surface area contributed by atoms with Gasteiger partial charge in [-0.05, 0) is 12.8 Å². The molecule has 0 fully saturated rings. The first-order chi connectivity index (χ1) is 9.45. The molecule has 20 heavy (non-hydrogen) atoms. The number of carbonyl (C=O) groups excluding carboxylic acids is 2. The minimum Gasteiger partial charge on any atom is -0.449 e. The third-order valence-corrected chi connectivity index (χ3v) is 3.10. The fourth-order valence-electron chi connectivity index (χ4n) is 2.00. The van der Waals surface area contributed by atoms with Gasteiger partial charge in [-0.2, -0.15) is 0 Å². The second-order valence-electron chi connectivity index (χ2n) is 4.90. The molecule has 0 aromatic carbocycles. The molecule has 0 spiro atoms. The van der Waals surface area contributed by atoms with E-state index in [0.29, 0.717) is 6.42 Å². The molecule has 0 saturated carbocycles. The van der Waals surface area contributed by atoms with Crippen molar-refractivity contribution in [1.82, 2.24) is 0 Å². The van der Waals surface area contributed by atoms with Gasteiger partial charge in [-0.3, -0.25) is 0 Å². The molecule has 0 radical (unpaired) electrons. The molecule has 0 amide bonds. The Balaban J connectivity index is 2.46. The van der Waals surface area contributed by atoms with E-state index in [1.165, 1.54) is 6.42 Å². The van der Waals surface area contributed by atoms with Gasteiger partial charge in [-0.1, -0.05) is 39.0 Å². The highest BCUT2D eigenvalue weighted by atomic mass is 16.8. The van der Waals surface area contributed by atoms with Crippen molar-refractivity contribution in [2.45, 2.75) is 63.9 Å². The molecule has 0 bridgehead atoms. The SMILES string of the molecule is CCCCCCCCC1OC(=O)/C=C/C(=O)OC1(O)O. The number of hydrogen-bond donors (Lipinski definition) is 2. The number of cyclic esters (lactones) is 2. The third-order valence-electron chi connectivity index (χ3n) is 3.10. The van der Waals surface area contributed by atoms with Gasteiger partial charge in [0.15, 0.2) is 6.10 Å². The standard InChI is InChI=1S/C14H22O6/c1-2-3-4-5-6-7-8-11-14(17,18)20-13(16)10-9-12(15)19-11/h9-11,17-18H,2-8H2,1H3/b10-9+. The smallest absolute Gasteiger partial charge is 0.363 e. The second kappa shape index (κ2) is 8.01. The lowest BCUT2D eigenvalue weighted by molar-refractivity contribution is -0.358. The highest BCUT2D eigenvalue weighted by Gasteiger charge is 2.42. The lowest BCUT2D eigenvalue weighted by atomic mass is 10.1. The van der Waals surface area contributed by atoms with Crippen LogP contribution in [0, 0.1) is 0 Å². The molecular weight excluding hydrogens is 264 g/mol. The molecule has 1 heterocycles. The third kappa shape index (κ3) is 5.71. The van der Waals surface area contributed by atoms with Gasteiger partial charge in [0.05, 0.1) is 0 Å². The first-order valence-electron chi connectivity index (χ1n) is 7.02. The average molecular weight is 286 g/mol. The van der Waals surface area contributed by atoms with Crippen LogP contribution in [0.1, 0.15) is 51.9 Å². The average Bonchev–Trinajstić information content (AvgIpc) is 2.37. The van der Waals surface area contributed by atoms with Crippen molar-refractivity contribution in [3.8, 4) is 0 Å². The van der Waals surface area contributed by atoms with Gasteiger partial charge in [-0.25, -0.2) is 9.59 Å². The second-order valence-corrected chi connectivity index (χ2v) is 4.90. The quantitative estimate of drug-likeness (QED) is 0.417. The molecular formula is C14H22O6. The van der Waals surface area contributed by atoms with Crippen molar-refractivity contribution in [2.24, 2.45) is 0 Å². The zero-order valence-corrected chi connectivity index (χ0v) is 11.7. The van der Waals surface area contributed by atoms with Crippen LogP contribution in [0.15, 0.2) is 12.2 Å².